The number of nitrogens with one attached hydrogen (secondary N) is 2. The molecule has 1 heterocycles. The summed E-state index contributed by atoms with van der Waals surface area (Å²) in [5.41, 5.74) is 1.23. The summed E-state index contributed by atoms with van der Waals surface area (Å²) in [4.78, 5) is 0. The molecule has 0 radical (unpaired) electrons. The van der Waals surface area contributed by atoms with Gasteiger partial charge in [0.2, 0.25) is 0 Å². The molecule has 1 aromatic carbocycles. The molecule has 0 aromatic heterocycles. The summed E-state index contributed by atoms with van der Waals surface area (Å²) in [5, 5.41) is 6.83. The normalized spacial score (nSPS) is 21.6. The quantitative estimate of drug-likeness (QED) is 0.827. The second kappa shape index (κ2) is 6.73. The van der Waals surface area contributed by atoms with Crippen molar-refractivity contribution >= 4 is 0 Å². The van der Waals surface area contributed by atoms with Gasteiger partial charge in [-0.1, -0.05) is 12.1 Å². The monoisotopic (exact) mass is 250 g/mol. The molecule has 1 aromatic rings. The van der Waals surface area contributed by atoms with E-state index in [2.05, 4.69) is 29.7 Å². The zero-order chi connectivity index (χ0) is 12.8. The summed E-state index contributed by atoms with van der Waals surface area (Å²) in [6.07, 6.45) is 0.270. The summed E-state index contributed by atoms with van der Waals surface area (Å²) in [6.45, 7) is 5.72. The summed E-state index contributed by atoms with van der Waals surface area (Å²) < 4.78 is 10.9. The van der Waals surface area contributed by atoms with E-state index in [1.165, 1.54) is 5.56 Å². The fourth-order valence-electron chi connectivity index (χ4n) is 2.09. The highest BCUT2D eigenvalue weighted by Gasteiger charge is 2.14. The highest BCUT2D eigenvalue weighted by atomic mass is 16.5. The number of benzene rings is 1. The van der Waals surface area contributed by atoms with Gasteiger partial charge in [-0.2, -0.15) is 0 Å². The standard InChI is InChI=1S/C14H22N2O2/c1-11(12-4-3-5-13(8-12)17-2)16-10-14-9-15-6-7-18-14/h3-5,8,11,14-16H,6-7,9-10H2,1-2H3/t11-,14?/m1/s1. The predicted octanol–water partition coefficient (Wildman–Crippen LogP) is 1.33. The first-order valence-electron chi connectivity index (χ1n) is 6.49. The van der Waals surface area contributed by atoms with Crippen molar-refractivity contribution in [3.63, 3.8) is 0 Å². The van der Waals surface area contributed by atoms with Gasteiger partial charge in [-0.05, 0) is 24.6 Å². The molecule has 100 valence electrons. The van der Waals surface area contributed by atoms with Crippen LogP contribution in [-0.4, -0.2) is 39.5 Å². The van der Waals surface area contributed by atoms with Crippen molar-refractivity contribution in [1.29, 1.82) is 0 Å². The summed E-state index contributed by atoms with van der Waals surface area (Å²) in [6, 6.07) is 8.46. The Morgan fingerprint density at radius 2 is 2.44 bits per heavy atom. The Balaban J connectivity index is 1.84. The lowest BCUT2D eigenvalue weighted by Crippen LogP contribution is -2.44. The molecule has 1 aliphatic heterocycles. The maximum Gasteiger partial charge on any atom is 0.119 e. The molecule has 1 saturated heterocycles. The third kappa shape index (κ3) is 3.70. The zero-order valence-electron chi connectivity index (χ0n) is 11.1. The van der Waals surface area contributed by atoms with Gasteiger partial charge in [0.15, 0.2) is 0 Å². The van der Waals surface area contributed by atoms with Crippen molar-refractivity contribution in [3.05, 3.63) is 29.8 Å². The van der Waals surface area contributed by atoms with E-state index >= 15 is 0 Å². The molecule has 1 aliphatic rings. The van der Waals surface area contributed by atoms with Gasteiger partial charge in [0.1, 0.15) is 5.75 Å². The van der Waals surface area contributed by atoms with E-state index in [1.54, 1.807) is 7.11 Å². The Hall–Kier alpha value is -1.10. The fourth-order valence-corrected chi connectivity index (χ4v) is 2.09. The molecule has 2 N–H and O–H groups in total. The number of morpholine rings is 1. The first-order valence-corrected chi connectivity index (χ1v) is 6.49. The molecule has 18 heavy (non-hydrogen) atoms. The van der Waals surface area contributed by atoms with E-state index in [0.717, 1.165) is 32.0 Å². The first-order chi connectivity index (χ1) is 8.79. The SMILES string of the molecule is COc1cccc([C@@H](C)NCC2CNCCO2)c1. The Morgan fingerprint density at radius 1 is 1.56 bits per heavy atom. The molecule has 0 amide bonds. The molecule has 1 unspecified atom stereocenters. The Labute approximate surface area is 109 Å². The minimum absolute atomic E-state index is 0.270. The van der Waals surface area contributed by atoms with Gasteiger partial charge in [-0.3, -0.25) is 0 Å². The topological polar surface area (TPSA) is 42.5 Å². The van der Waals surface area contributed by atoms with Crippen LogP contribution in [0.25, 0.3) is 0 Å². The van der Waals surface area contributed by atoms with Gasteiger partial charge in [0.05, 0.1) is 19.8 Å². The first kappa shape index (κ1) is 13.3. The number of methoxy groups -OCH3 is 1. The van der Waals surface area contributed by atoms with Gasteiger partial charge in [0.25, 0.3) is 0 Å². The van der Waals surface area contributed by atoms with Gasteiger partial charge in [-0.25, -0.2) is 0 Å². The second-order valence-electron chi connectivity index (χ2n) is 4.60. The van der Waals surface area contributed by atoms with Crippen molar-refractivity contribution in [3.8, 4) is 5.75 Å². The minimum atomic E-state index is 0.270. The van der Waals surface area contributed by atoms with Crippen LogP contribution in [0.15, 0.2) is 24.3 Å². The van der Waals surface area contributed by atoms with Gasteiger partial charge < -0.3 is 20.1 Å². The number of rotatable bonds is 5. The van der Waals surface area contributed by atoms with E-state index in [1.807, 2.05) is 12.1 Å². The Kier molecular flexibility index (Phi) is 4.99. The van der Waals surface area contributed by atoms with Crippen LogP contribution < -0.4 is 15.4 Å². The molecule has 2 atom stereocenters. The van der Waals surface area contributed by atoms with Gasteiger partial charge in [0, 0.05) is 25.7 Å². The third-order valence-corrected chi connectivity index (χ3v) is 3.25. The van der Waals surface area contributed by atoms with Crippen LogP contribution in [0.5, 0.6) is 5.75 Å². The van der Waals surface area contributed by atoms with Crippen LogP contribution in [0.3, 0.4) is 0 Å². The van der Waals surface area contributed by atoms with Crippen LogP contribution in [0, 0.1) is 0 Å². The fraction of sp³-hybridized carbons (Fsp3) is 0.571. The molecule has 0 spiro atoms. The van der Waals surface area contributed by atoms with E-state index in [9.17, 15) is 0 Å². The number of hydrogen-bond acceptors (Lipinski definition) is 4. The van der Waals surface area contributed by atoms with Crippen LogP contribution in [-0.2, 0) is 4.74 Å². The summed E-state index contributed by atoms with van der Waals surface area (Å²) >= 11 is 0. The maximum absolute atomic E-state index is 5.66. The lowest BCUT2D eigenvalue weighted by molar-refractivity contribution is 0.0278. The molecule has 0 bridgehead atoms. The number of ether oxygens (including phenoxy) is 2. The molecular formula is C14H22N2O2. The van der Waals surface area contributed by atoms with E-state index in [4.69, 9.17) is 9.47 Å². The number of hydrogen-bond donors (Lipinski definition) is 2. The van der Waals surface area contributed by atoms with Crippen molar-refractivity contribution in [2.24, 2.45) is 0 Å². The highest BCUT2D eigenvalue weighted by molar-refractivity contribution is 5.30. The summed E-state index contributed by atoms with van der Waals surface area (Å²) in [7, 11) is 1.69. The smallest absolute Gasteiger partial charge is 0.119 e. The Morgan fingerprint density at radius 3 is 3.17 bits per heavy atom. The third-order valence-electron chi connectivity index (χ3n) is 3.25. The van der Waals surface area contributed by atoms with Crippen LogP contribution in [0.1, 0.15) is 18.5 Å². The van der Waals surface area contributed by atoms with Crippen molar-refractivity contribution in [1.82, 2.24) is 10.6 Å². The van der Waals surface area contributed by atoms with Crippen molar-refractivity contribution < 1.29 is 9.47 Å². The molecule has 4 heteroatoms. The predicted molar refractivity (Wildman–Crippen MR) is 72.0 cm³/mol. The molecule has 4 nitrogen and oxygen atoms in total. The molecule has 1 fully saturated rings. The van der Waals surface area contributed by atoms with Gasteiger partial charge >= 0.3 is 0 Å². The zero-order valence-corrected chi connectivity index (χ0v) is 11.1. The Bertz CT molecular complexity index is 365. The van der Waals surface area contributed by atoms with Crippen molar-refractivity contribution in [2.45, 2.75) is 19.1 Å². The average molecular weight is 250 g/mol. The second-order valence-corrected chi connectivity index (χ2v) is 4.60. The molecule has 0 aliphatic carbocycles. The lowest BCUT2D eigenvalue weighted by atomic mass is 10.1. The highest BCUT2D eigenvalue weighted by Crippen LogP contribution is 2.18. The van der Waals surface area contributed by atoms with Crippen LogP contribution in [0.4, 0.5) is 0 Å². The molecule has 2 rings (SSSR count). The van der Waals surface area contributed by atoms with Crippen molar-refractivity contribution in [2.75, 3.05) is 33.4 Å². The van der Waals surface area contributed by atoms with E-state index in [0.29, 0.717) is 6.04 Å². The minimum Gasteiger partial charge on any atom is -0.497 e. The maximum atomic E-state index is 5.66. The van der Waals surface area contributed by atoms with E-state index < -0.39 is 0 Å². The van der Waals surface area contributed by atoms with Gasteiger partial charge in [-0.15, -0.1) is 0 Å². The summed E-state index contributed by atoms with van der Waals surface area (Å²) in [5.74, 6) is 0.900. The average Bonchev–Trinajstić information content (AvgIpc) is 2.46. The van der Waals surface area contributed by atoms with Crippen LogP contribution >= 0.6 is 0 Å². The molecule has 0 saturated carbocycles. The van der Waals surface area contributed by atoms with E-state index in [-0.39, 0.29) is 6.10 Å². The van der Waals surface area contributed by atoms with Crippen LogP contribution in [0.2, 0.25) is 0 Å². The molecular weight excluding hydrogens is 228 g/mol. The lowest BCUT2D eigenvalue weighted by Gasteiger charge is -2.25. The largest absolute Gasteiger partial charge is 0.497 e.